The molecule has 0 radical (unpaired) electrons. The first-order valence-electron chi connectivity index (χ1n) is 11.1. The van der Waals surface area contributed by atoms with E-state index in [0.29, 0.717) is 37.8 Å². The Morgan fingerprint density at radius 2 is 1.97 bits per heavy atom. The third-order valence-corrected chi connectivity index (χ3v) is 6.05. The van der Waals surface area contributed by atoms with Gasteiger partial charge in [-0.3, -0.25) is 9.59 Å². The Kier molecular flexibility index (Phi) is 6.72. The average molecular weight is 457 g/mol. The molecule has 0 aliphatic carbocycles. The summed E-state index contributed by atoms with van der Waals surface area (Å²) in [5.74, 6) is -0.288. The van der Waals surface area contributed by atoms with Crippen LogP contribution in [0, 0.1) is 0 Å². The van der Waals surface area contributed by atoms with Crippen LogP contribution < -0.4 is 5.32 Å². The molecule has 1 aliphatic heterocycles. The SMILES string of the molecule is O=C(CCCc1c[nH]c2ccccc12)NC(CN1CCCC1=O)c1cccc(C(F)(F)F)c1. The van der Waals surface area contributed by atoms with Crippen molar-refractivity contribution >= 4 is 22.7 Å². The number of carbonyl (C=O) groups excluding carboxylic acids is 2. The van der Waals surface area contributed by atoms with Gasteiger partial charge in [-0.2, -0.15) is 13.2 Å². The molecule has 3 aromatic rings. The Morgan fingerprint density at radius 3 is 2.73 bits per heavy atom. The second kappa shape index (κ2) is 9.68. The molecule has 1 atom stereocenters. The molecule has 2 amide bonds. The second-order valence-electron chi connectivity index (χ2n) is 8.40. The summed E-state index contributed by atoms with van der Waals surface area (Å²) in [5.41, 5.74) is 1.73. The minimum atomic E-state index is -4.48. The van der Waals surface area contributed by atoms with Crippen molar-refractivity contribution in [2.75, 3.05) is 13.1 Å². The molecular formula is C25H26F3N3O2. The Hall–Kier alpha value is -3.29. The van der Waals surface area contributed by atoms with Gasteiger partial charge in [-0.15, -0.1) is 0 Å². The number of hydrogen-bond acceptors (Lipinski definition) is 2. The van der Waals surface area contributed by atoms with Gasteiger partial charge in [0, 0.05) is 43.0 Å². The summed E-state index contributed by atoms with van der Waals surface area (Å²) in [7, 11) is 0. The van der Waals surface area contributed by atoms with Crippen LogP contribution in [0.25, 0.3) is 10.9 Å². The fourth-order valence-electron chi connectivity index (χ4n) is 4.33. The first kappa shape index (κ1) is 22.9. The van der Waals surface area contributed by atoms with Crippen molar-refractivity contribution in [1.82, 2.24) is 15.2 Å². The minimum Gasteiger partial charge on any atom is -0.361 e. The van der Waals surface area contributed by atoms with Gasteiger partial charge in [0.05, 0.1) is 11.6 Å². The van der Waals surface area contributed by atoms with E-state index >= 15 is 0 Å². The lowest BCUT2D eigenvalue weighted by atomic mass is 10.0. The van der Waals surface area contributed by atoms with Crippen molar-refractivity contribution < 1.29 is 22.8 Å². The van der Waals surface area contributed by atoms with E-state index in [-0.39, 0.29) is 24.8 Å². The molecule has 2 N–H and O–H groups in total. The first-order chi connectivity index (χ1) is 15.8. The highest BCUT2D eigenvalue weighted by Gasteiger charge is 2.32. The lowest BCUT2D eigenvalue weighted by molar-refractivity contribution is -0.137. The molecule has 174 valence electrons. The standard InChI is InChI=1S/C25H26F3N3O2/c26-25(27,28)19-8-3-6-17(14-19)22(16-31-13-5-12-24(31)33)30-23(32)11-4-7-18-15-29-21-10-2-1-9-20(18)21/h1-3,6,8-10,14-15,22,29H,4-5,7,11-13,16H2,(H,30,32). The maximum Gasteiger partial charge on any atom is 0.416 e. The number of nitrogens with one attached hydrogen (secondary N) is 2. The first-order valence-corrected chi connectivity index (χ1v) is 11.1. The molecule has 0 bridgehead atoms. The van der Waals surface area contributed by atoms with Gasteiger partial charge in [-0.1, -0.05) is 30.3 Å². The van der Waals surface area contributed by atoms with Crippen LogP contribution in [0.1, 0.15) is 48.4 Å². The van der Waals surface area contributed by atoms with Crippen LogP contribution >= 0.6 is 0 Å². The Morgan fingerprint density at radius 1 is 1.15 bits per heavy atom. The summed E-state index contributed by atoms with van der Waals surface area (Å²) >= 11 is 0. The topological polar surface area (TPSA) is 65.2 Å². The van der Waals surface area contributed by atoms with Gasteiger partial charge >= 0.3 is 6.18 Å². The van der Waals surface area contributed by atoms with Crippen molar-refractivity contribution in [3.63, 3.8) is 0 Å². The number of alkyl halides is 3. The highest BCUT2D eigenvalue weighted by Crippen LogP contribution is 2.31. The predicted molar refractivity (Wildman–Crippen MR) is 119 cm³/mol. The number of aromatic amines is 1. The number of nitrogens with zero attached hydrogens (tertiary/aromatic N) is 1. The number of fused-ring (bicyclic) bond motifs is 1. The van der Waals surface area contributed by atoms with Crippen molar-refractivity contribution in [3.05, 3.63) is 71.4 Å². The van der Waals surface area contributed by atoms with E-state index in [1.807, 2.05) is 30.5 Å². The van der Waals surface area contributed by atoms with Gasteiger partial charge in [-0.05, 0) is 48.6 Å². The summed E-state index contributed by atoms with van der Waals surface area (Å²) in [6.45, 7) is 0.707. The summed E-state index contributed by atoms with van der Waals surface area (Å²) in [6, 6.07) is 12.2. The number of H-pyrrole nitrogens is 1. The van der Waals surface area contributed by atoms with Crippen molar-refractivity contribution in [2.45, 2.75) is 44.3 Å². The normalized spacial score (nSPS) is 15.2. The largest absolute Gasteiger partial charge is 0.416 e. The average Bonchev–Trinajstić information content (AvgIpc) is 3.39. The van der Waals surface area contributed by atoms with Gasteiger partial charge in [0.15, 0.2) is 0 Å². The van der Waals surface area contributed by atoms with Crippen LogP contribution in [0.15, 0.2) is 54.7 Å². The fraction of sp³-hybridized carbons (Fsp3) is 0.360. The zero-order chi connectivity index (χ0) is 23.4. The number of benzene rings is 2. The van der Waals surface area contributed by atoms with E-state index in [4.69, 9.17) is 0 Å². The maximum absolute atomic E-state index is 13.2. The summed E-state index contributed by atoms with van der Waals surface area (Å²) in [6.07, 6.45) is 0.145. The van der Waals surface area contributed by atoms with Crippen LogP contribution in [0.2, 0.25) is 0 Å². The molecule has 1 saturated heterocycles. The summed E-state index contributed by atoms with van der Waals surface area (Å²) in [4.78, 5) is 29.6. The van der Waals surface area contributed by atoms with E-state index in [2.05, 4.69) is 10.3 Å². The smallest absolute Gasteiger partial charge is 0.361 e. The molecule has 8 heteroatoms. The monoisotopic (exact) mass is 457 g/mol. The quantitative estimate of drug-likeness (QED) is 0.501. The number of hydrogen-bond donors (Lipinski definition) is 2. The third-order valence-electron chi connectivity index (χ3n) is 6.05. The molecule has 1 unspecified atom stereocenters. The molecule has 2 heterocycles. The van der Waals surface area contributed by atoms with Crippen LogP contribution in [-0.2, 0) is 22.2 Å². The van der Waals surface area contributed by atoms with E-state index < -0.39 is 17.8 Å². The van der Waals surface area contributed by atoms with Crippen LogP contribution in [0.3, 0.4) is 0 Å². The molecule has 1 fully saturated rings. The maximum atomic E-state index is 13.2. The number of carbonyl (C=O) groups is 2. The number of amides is 2. The number of rotatable bonds is 8. The fourth-order valence-corrected chi connectivity index (χ4v) is 4.33. The van der Waals surface area contributed by atoms with E-state index in [1.54, 1.807) is 11.0 Å². The van der Waals surface area contributed by atoms with Crippen LogP contribution in [-0.4, -0.2) is 34.8 Å². The Labute approximate surface area is 190 Å². The van der Waals surface area contributed by atoms with Gasteiger partial charge < -0.3 is 15.2 Å². The number of para-hydroxylation sites is 1. The summed E-state index contributed by atoms with van der Waals surface area (Å²) in [5, 5.41) is 3.99. The molecule has 0 saturated carbocycles. The van der Waals surface area contributed by atoms with Gasteiger partial charge in [0.25, 0.3) is 0 Å². The minimum absolute atomic E-state index is 0.0411. The molecule has 1 aliphatic rings. The van der Waals surface area contributed by atoms with E-state index in [1.165, 1.54) is 6.07 Å². The van der Waals surface area contributed by atoms with Crippen molar-refractivity contribution in [1.29, 1.82) is 0 Å². The molecular weight excluding hydrogens is 431 g/mol. The number of aromatic nitrogens is 1. The van der Waals surface area contributed by atoms with E-state index in [0.717, 1.165) is 28.6 Å². The number of halogens is 3. The molecule has 0 spiro atoms. The third kappa shape index (κ3) is 5.56. The molecule has 1 aromatic heterocycles. The predicted octanol–water partition coefficient (Wildman–Crippen LogP) is 4.99. The van der Waals surface area contributed by atoms with E-state index in [9.17, 15) is 22.8 Å². The molecule has 5 nitrogen and oxygen atoms in total. The van der Waals surface area contributed by atoms with Gasteiger partial charge in [0.1, 0.15) is 0 Å². The van der Waals surface area contributed by atoms with Crippen molar-refractivity contribution in [2.24, 2.45) is 0 Å². The number of aryl methyl sites for hydroxylation is 1. The zero-order valence-corrected chi connectivity index (χ0v) is 18.1. The van der Waals surface area contributed by atoms with Crippen molar-refractivity contribution in [3.8, 4) is 0 Å². The summed E-state index contributed by atoms with van der Waals surface area (Å²) < 4.78 is 39.7. The Bertz CT molecular complexity index is 1140. The molecule has 33 heavy (non-hydrogen) atoms. The molecule has 2 aromatic carbocycles. The lowest BCUT2D eigenvalue weighted by Crippen LogP contribution is -2.38. The zero-order valence-electron chi connectivity index (χ0n) is 18.1. The lowest BCUT2D eigenvalue weighted by Gasteiger charge is -2.26. The highest BCUT2D eigenvalue weighted by atomic mass is 19.4. The number of likely N-dealkylation sites (tertiary alicyclic amines) is 1. The van der Waals surface area contributed by atoms with Gasteiger partial charge in [-0.25, -0.2) is 0 Å². The molecule has 4 rings (SSSR count). The van der Waals surface area contributed by atoms with Gasteiger partial charge in [0.2, 0.25) is 11.8 Å². The highest BCUT2D eigenvalue weighted by molar-refractivity contribution is 5.83. The Balaban J connectivity index is 1.43. The second-order valence-corrected chi connectivity index (χ2v) is 8.40. The van der Waals surface area contributed by atoms with Crippen LogP contribution in [0.5, 0.6) is 0 Å². The van der Waals surface area contributed by atoms with Crippen LogP contribution in [0.4, 0.5) is 13.2 Å².